The number of nitrogens with one attached hydrogen (secondary N) is 1. The lowest BCUT2D eigenvalue weighted by Gasteiger charge is -2.00. The Morgan fingerprint density at radius 1 is 1.31 bits per heavy atom. The molecule has 0 spiro atoms. The summed E-state index contributed by atoms with van der Waals surface area (Å²) >= 11 is 1.06. The van der Waals surface area contributed by atoms with Gasteiger partial charge in [-0.15, -0.1) is 10.2 Å². The zero-order chi connectivity index (χ0) is 11.5. The molecule has 2 rings (SSSR count). The maximum Gasteiger partial charge on any atom is 0.257 e. The summed E-state index contributed by atoms with van der Waals surface area (Å²) < 4.78 is 12.6. The van der Waals surface area contributed by atoms with E-state index in [9.17, 15) is 9.18 Å². The van der Waals surface area contributed by atoms with Crippen LogP contribution in [0.4, 0.5) is 14.7 Å². The third-order valence-corrected chi connectivity index (χ3v) is 2.44. The number of carbonyl (C=O) groups is 1. The van der Waals surface area contributed by atoms with Gasteiger partial charge < -0.3 is 5.73 Å². The molecule has 1 heterocycles. The number of rotatable bonds is 2. The number of nitrogen functional groups attached to an aromatic ring is 1. The molecule has 1 aromatic heterocycles. The Labute approximate surface area is 94.1 Å². The van der Waals surface area contributed by atoms with Crippen LogP contribution in [0.15, 0.2) is 24.3 Å². The highest BCUT2D eigenvalue weighted by Gasteiger charge is 2.08. The number of aromatic nitrogens is 2. The highest BCUT2D eigenvalue weighted by molar-refractivity contribution is 7.19. The van der Waals surface area contributed by atoms with Gasteiger partial charge in [0, 0.05) is 5.56 Å². The Bertz CT molecular complexity index is 510. The zero-order valence-electron chi connectivity index (χ0n) is 7.98. The highest BCUT2D eigenvalue weighted by Crippen LogP contribution is 2.17. The average Bonchev–Trinajstić information content (AvgIpc) is 2.65. The Morgan fingerprint density at radius 2 is 2.00 bits per heavy atom. The maximum absolute atomic E-state index is 12.6. The van der Waals surface area contributed by atoms with Crippen LogP contribution in [0.25, 0.3) is 0 Å². The monoisotopic (exact) mass is 238 g/mol. The van der Waals surface area contributed by atoms with Crippen molar-refractivity contribution in [2.24, 2.45) is 0 Å². The van der Waals surface area contributed by atoms with Gasteiger partial charge in [-0.05, 0) is 24.3 Å². The topological polar surface area (TPSA) is 80.9 Å². The number of nitrogens with zero attached hydrogens (tertiary/aromatic N) is 2. The molecule has 0 unspecified atom stereocenters. The summed E-state index contributed by atoms with van der Waals surface area (Å²) in [6.07, 6.45) is 0. The minimum absolute atomic E-state index is 0.273. The van der Waals surface area contributed by atoms with Crippen LogP contribution in [0.5, 0.6) is 0 Å². The van der Waals surface area contributed by atoms with Gasteiger partial charge >= 0.3 is 0 Å². The van der Waals surface area contributed by atoms with E-state index in [-0.39, 0.29) is 11.0 Å². The Balaban J connectivity index is 2.11. The van der Waals surface area contributed by atoms with E-state index in [1.807, 2.05) is 0 Å². The van der Waals surface area contributed by atoms with Crippen LogP contribution < -0.4 is 11.1 Å². The van der Waals surface area contributed by atoms with Gasteiger partial charge in [0.25, 0.3) is 5.91 Å². The molecule has 0 fully saturated rings. The van der Waals surface area contributed by atoms with Gasteiger partial charge in [0.05, 0.1) is 0 Å². The van der Waals surface area contributed by atoms with E-state index >= 15 is 0 Å². The molecule has 82 valence electrons. The Kier molecular flexibility index (Phi) is 2.78. The molecule has 0 aliphatic rings. The van der Waals surface area contributed by atoms with Gasteiger partial charge in [-0.25, -0.2) is 4.39 Å². The van der Waals surface area contributed by atoms with Crippen LogP contribution in [0.2, 0.25) is 0 Å². The first kappa shape index (κ1) is 10.5. The van der Waals surface area contributed by atoms with Gasteiger partial charge in [-0.3, -0.25) is 10.1 Å². The molecule has 0 atom stereocenters. The molecule has 1 amide bonds. The van der Waals surface area contributed by atoms with Crippen LogP contribution in [0.1, 0.15) is 10.4 Å². The molecule has 16 heavy (non-hydrogen) atoms. The fourth-order valence-electron chi connectivity index (χ4n) is 1.06. The van der Waals surface area contributed by atoms with E-state index in [1.165, 1.54) is 24.3 Å². The molecule has 1 aromatic carbocycles. The molecule has 0 aliphatic carbocycles. The van der Waals surface area contributed by atoms with Gasteiger partial charge in [-0.2, -0.15) is 0 Å². The first-order valence-corrected chi connectivity index (χ1v) is 5.13. The third-order valence-electron chi connectivity index (χ3n) is 1.77. The quantitative estimate of drug-likeness (QED) is 0.831. The van der Waals surface area contributed by atoms with Gasteiger partial charge in [-0.1, -0.05) is 11.3 Å². The molecular formula is C9H7FN4OS. The van der Waals surface area contributed by atoms with Crippen LogP contribution >= 0.6 is 11.3 Å². The van der Waals surface area contributed by atoms with Crippen molar-refractivity contribution in [1.82, 2.24) is 10.2 Å². The van der Waals surface area contributed by atoms with Crippen LogP contribution in [0, 0.1) is 5.82 Å². The molecule has 3 N–H and O–H groups in total. The van der Waals surface area contributed by atoms with E-state index in [4.69, 9.17) is 5.73 Å². The molecule has 0 saturated carbocycles. The van der Waals surface area contributed by atoms with E-state index in [2.05, 4.69) is 15.5 Å². The maximum atomic E-state index is 12.6. The van der Waals surface area contributed by atoms with E-state index in [0.717, 1.165) is 11.3 Å². The molecule has 0 saturated heterocycles. The second-order valence-electron chi connectivity index (χ2n) is 2.91. The molecule has 0 aliphatic heterocycles. The number of carbonyl (C=O) groups excluding carboxylic acids is 1. The van der Waals surface area contributed by atoms with Gasteiger partial charge in [0.15, 0.2) is 0 Å². The second-order valence-corrected chi connectivity index (χ2v) is 3.92. The van der Waals surface area contributed by atoms with Gasteiger partial charge in [0.1, 0.15) is 5.82 Å². The first-order chi connectivity index (χ1) is 7.65. The number of nitrogens with two attached hydrogens (primary N) is 1. The number of hydrogen-bond donors (Lipinski definition) is 2. The molecular weight excluding hydrogens is 231 g/mol. The normalized spacial score (nSPS) is 10.1. The van der Waals surface area contributed by atoms with Crippen LogP contribution in [-0.2, 0) is 0 Å². The summed E-state index contributed by atoms with van der Waals surface area (Å²) in [6.45, 7) is 0. The fraction of sp³-hybridized carbons (Fsp3) is 0. The van der Waals surface area contributed by atoms with Crippen molar-refractivity contribution in [3.63, 3.8) is 0 Å². The summed E-state index contributed by atoms with van der Waals surface area (Å²) in [4.78, 5) is 11.6. The van der Waals surface area contributed by atoms with Gasteiger partial charge in [0.2, 0.25) is 10.3 Å². The van der Waals surface area contributed by atoms with Crippen molar-refractivity contribution in [2.75, 3.05) is 11.1 Å². The molecule has 5 nitrogen and oxygen atoms in total. The first-order valence-electron chi connectivity index (χ1n) is 4.31. The molecule has 0 bridgehead atoms. The van der Waals surface area contributed by atoms with Crippen molar-refractivity contribution in [3.8, 4) is 0 Å². The van der Waals surface area contributed by atoms with Crippen molar-refractivity contribution in [1.29, 1.82) is 0 Å². The van der Waals surface area contributed by atoms with E-state index in [1.54, 1.807) is 0 Å². The number of hydrogen-bond acceptors (Lipinski definition) is 5. The minimum atomic E-state index is -0.392. The smallest absolute Gasteiger partial charge is 0.257 e. The third kappa shape index (κ3) is 2.31. The lowest BCUT2D eigenvalue weighted by molar-refractivity contribution is 0.102. The van der Waals surface area contributed by atoms with Crippen molar-refractivity contribution < 1.29 is 9.18 Å². The van der Waals surface area contributed by atoms with E-state index < -0.39 is 5.82 Å². The lowest BCUT2D eigenvalue weighted by Crippen LogP contribution is -2.11. The van der Waals surface area contributed by atoms with Crippen LogP contribution in [-0.4, -0.2) is 16.1 Å². The number of amides is 1. The fourth-order valence-corrected chi connectivity index (χ4v) is 1.56. The molecule has 2 aromatic rings. The van der Waals surface area contributed by atoms with E-state index in [0.29, 0.717) is 10.7 Å². The summed E-state index contributed by atoms with van der Waals surface area (Å²) in [5, 5.41) is 10.3. The number of halogens is 1. The largest absolute Gasteiger partial charge is 0.374 e. The van der Waals surface area contributed by atoms with Crippen molar-refractivity contribution in [2.45, 2.75) is 0 Å². The standard InChI is InChI=1S/C9H7FN4OS/c10-6-3-1-5(2-4-6)7(15)12-9-14-13-8(11)16-9/h1-4H,(H2,11,13)(H,12,14,15). The predicted molar refractivity (Wildman–Crippen MR) is 58.7 cm³/mol. The number of benzene rings is 1. The average molecular weight is 238 g/mol. The molecule has 0 radical (unpaired) electrons. The number of anilines is 2. The predicted octanol–water partition coefficient (Wildman–Crippen LogP) is 1.51. The SMILES string of the molecule is Nc1nnc(NC(=O)c2ccc(F)cc2)s1. The summed E-state index contributed by atoms with van der Waals surface area (Å²) in [5.41, 5.74) is 5.70. The zero-order valence-corrected chi connectivity index (χ0v) is 8.79. The second kappa shape index (κ2) is 4.23. The highest BCUT2D eigenvalue weighted by atomic mass is 32.1. The summed E-state index contributed by atoms with van der Waals surface area (Å²) in [7, 11) is 0. The minimum Gasteiger partial charge on any atom is -0.374 e. The summed E-state index contributed by atoms with van der Waals surface area (Å²) in [6, 6.07) is 5.19. The van der Waals surface area contributed by atoms with Crippen molar-refractivity contribution >= 4 is 27.5 Å². The Hall–Kier alpha value is -2.02. The Morgan fingerprint density at radius 3 is 2.56 bits per heavy atom. The van der Waals surface area contributed by atoms with Crippen molar-refractivity contribution in [3.05, 3.63) is 35.6 Å². The summed E-state index contributed by atoms with van der Waals surface area (Å²) in [5.74, 6) is -0.771. The van der Waals surface area contributed by atoms with Crippen LogP contribution in [0.3, 0.4) is 0 Å². The lowest BCUT2D eigenvalue weighted by atomic mass is 10.2. The molecule has 7 heteroatoms.